The van der Waals surface area contributed by atoms with Crippen molar-refractivity contribution in [1.82, 2.24) is 0 Å². The van der Waals surface area contributed by atoms with Crippen LogP contribution in [0, 0.1) is 13.8 Å². The molecular formula is C16H20N2O. The van der Waals surface area contributed by atoms with E-state index in [0.717, 1.165) is 22.7 Å². The van der Waals surface area contributed by atoms with Gasteiger partial charge in [0.15, 0.2) is 0 Å². The van der Waals surface area contributed by atoms with Crippen LogP contribution in [0.5, 0.6) is 5.75 Å². The van der Waals surface area contributed by atoms with Crippen LogP contribution in [-0.2, 0) is 6.54 Å². The van der Waals surface area contributed by atoms with Crippen LogP contribution in [0.25, 0.3) is 0 Å². The molecule has 0 atom stereocenters. The maximum Gasteiger partial charge on any atom is 0.123 e. The highest BCUT2D eigenvalue weighted by atomic mass is 16.5. The minimum Gasteiger partial charge on any atom is -0.496 e. The smallest absolute Gasteiger partial charge is 0.123 e. The fourth-order valence-corrected chi connectivity index (χ4v) is 2.06. The first-order valence-corrected chi connectivity index (χ1v) is 6.33. The van der Waals surface area contributed by atoms with Crippen LogP contribution < -0.4 is 15.8 Å². The van der Waals surface area contributed by atoms with Crippen LogP contribution in [0.3, 0.4) is 0 Å². The van der Waals surface area contributed by atoms with Crippen LogP contribution >= 0.6 is 0 Å². The highest BCUT2D eigenvalue weighted by molar-refractivity contribution is 5.67. The number of benzene rings is 2. The molecule has 0 aliphatic rings. The molecule has 100 valence electrons. The van der Waals surface area contributed by atoms with Gasteiger partial charge in [-0.3, -0.25) is 0 Å². The molecule has 0 aromatic heterocycles. The molecule has 2 rings (SSSR count). The van der Waals surface area contributed by atoms with E-state index in [1.807, 2.05) is 24.3 Å². The van der Waals surface area contributed by atoms with Gasteiger partial charge in [0.1, 0.15) is 5.75 Å². The summed E-state index contributed by atoms with van der Waals surface area (Å²) in [5.41, 5.74) is 11.2. The third-order valence-corrected chi connectivity index (χ3v) is 3.11. The van der Waals surface area contributed by atoms with E-state index in [1.165, 1.54) is 11.1 Å². The normalized spacial score (nSPS) is 10.3. The monoisotopic (exact) mass is 256 g/mol. The predicted octanol–water partition coefficient (Wildman–Crippen LogP) is 3.51. The highest BCUT2D eigenvalue weighted by Gasteiger charge is 2.04. The molecule has 3 N–H and O–H groups in total. The molecule has 0 saturated heterocycles. The van der Waals surface area contributed by atoms with Gasteiger partial charge in [-0.25, -0.2) is 0 Å². The summed E-state index contributed by atoms with van der Waals surface area (Å²) in [4.78, 5) is 0. The third-order valence-electron chi connectivity index (χ3n) is 3.11. The molecule has 0 amide bonds. The summed E-state index contributed by atoms with van der Waals surface area (Å²) in [5.74, 6) is 0.893. The van der Waals surface area contributed by atoms with Crippen LogP contribution in [0.1, 0.15) is 16.7 Å². The summed E-state index contributed by atoms with van der Waals surface area (Å²) in [6.45, 7) is 4.82. The lowest BCUT2D eigenvalue weighted by molar-refractivity contribution is 0.410. The summed E-state index contributed by atoms with van der Waals surface area (Å²) >= 11 is 0. The van der Waals surface area contributed by atoms with Gasteiger partial charge in [0, 0.05) is 12.1 Å². The number of hydrogen-bond acceptors (Lipinski definition) is 3. The summed E-state index contributed by atoms with van der Waals surface area (Å²) in [6.07, 6.45) is 0. The number of aryl methyl sites for hydroxylation is 2. The first-order valence-electron chi connectivity index (χ1n) is 6.33. The van der Waals surface area contributed by atoms with Gasteiger partial charge in [-0.1, -0.05) is 23.8 Å². The fourth-order valence-electron chi connectivity index (χ4n) is 2.06. The topological polar surface area (TPSA) is 47.3 Å². The van der Waals surface area contributed by atoms with Crippen molar-refractivity contribution in [2.24, 2.45) is 0 Å². The minimum atomic E-state index is 0.693. The van der Waals surface area contributed by atoms with Gasteiger partial charge in [-0.2, -0.15) is 0 Å². The second-order valence-electron chi connectivity index (χ2n) is 4.76. The highest BCUT2D eigenvalue weighted by Crippen LogP contribution is 2.24. The quantitative estimate of drug-likeness (QED) is 0.823. The Morgan fingerprint density at radius 3 is 2.47 bits per heavy atom. The molecule has 0 bridgehead atoms. The average molecular weight is 256 g/mol. The zero-order valence-electron chi connectivity index (χ0n) is 11.7. The van der Waals surface area contributed by atoms with Gasteiger partial charge in [-0.05, 0) is 37.6 Å². The fraction of sp³-hybridized carbons (Fsp3) is 0.250. The van der Waals surface area contributed by atoms with Gasteiger partial charge in [0.25, 0.3) is 0 Å². The number of hydrogen-bond donors (Lipinski definition) is 2. The number of nitrogens with two attached hydrogens (primary N) is 1. The van der Waals surface area contributed by atoms with E-state index in [0.29, 0.717) is 6.54 Å². The number of methoxy groups -OCH3 is 1. The van der Waals surface area contributed by atoms with Crippen molar-refractivity contribution in [1.29, 1.82) is 0 Å². The zero-order valence-corrected chi connectivity index (χ0v) is 11.7. The average Bonchev–Trinajstić information content (AvgIpc) is 2.40. The molecule has 3 heteroatoms. The maximum atomic E-state index is 5.96. The molecule has 0 saturated carbocycles. The second kappa shape index (κ2) is 5.65. The molecular weight excluding hydrogens is 236 g/mol. The second-order valence-corrected chi connectivity index (χ2v) is 4.76. The van der Waals surface area contributed by atoms with Gasteiger partial charge in [0.2, 0.25) is 0 Å². The Hall–Kier alpha value is -2.16. The molecule has 2 aromatic carbocycles. The number of anilines is 2. The van der Waals surface area contributed by atoms with Crippen LogP contribution in [0.15, 0.2) is 36.4 Å². The van der Waals surface area contributed by atoms with Crippen molar-refractivity contribution in [2.45, 2.75) is 20.4 Å². The molecule has 0 spiro atoms. The van der Waals surface area contributed by atoms with Gasteiger partial charge >= 0.3 is 0 Å². The van der Waals surface area contributed by atoms with Gasteiger partial charge in [-0.15, -0.1) is 0 Å². The number of ether oxygens (including phenoxy) is 1. The number of nitrogen functional groups attached to an aromatic ring is 1. The van der Waals surface area contributed by atoms with Crippen molar-refractivity contribution >= 4 is 11.4 Å². The SMILES string of the molecule is COc1ccc(C)cc1CNc1cc(C)ccc1N. The van der Waals surface area contributed by atoms with Crippen molar-refractivity contribution in [3.63, 3.8) is 0 Å². The standard InChI is InChI=1S/C16H20N2O/c1-11-5-7-16(19-3)13(8-11)10-18-15-9-12(2)4-6-14(15)17/h4-9,18H,10,17H2,1-3H3. The van der Waals surface area contributed by atoms with Gasteiger partial charge in [0.05, 0.1) is 18.5 Å². The Balaban J connectivity index is 2.18. The predicted molar refractivity (Wildman–Crippen MR) is 80.6 cm³/mol. The van der Waals surface area contributed by atoms with E-state index >= 15 is 0 Å². The largest absolute Gasteiger partial charge is 0.496 e. The molecule has 0 unspecified atom stereocenters. The van der Waals surface area contributed by atoms with Crippen LogP contribution in [0.4, 0.5) is 11.4 Å². The molecule has 3 nitrogen and oxygen atoms in total. The van der Waals surface area contributed by atoms with Crippen molar-refractivity contribution in [3.8, 4) is 5.75 Å². The lowest BCUT2D eigenvalue weighted by Crippen LogP contribution is -2.04. The molecule has 0 aliphatic heterocycles. The Labute approximate surface area is 114 Å². The van der Waals surface area contributed by atoms with Crippen molar-refractivity contribution in [2.75, 3.05) is 18.2 Å². The van der Waals surface area contributed by atoms with Crippen molar-refractivity contribution < 1.29 is 4.74 Å². The van der Waals surface area contributed by atoms with Crippen LogP contribution in [-0.4, -0.2) is 7.11 Å². The van der Waals surface area contributed by atoms with E-state index < -0.39 is 0 Å². The molecule has 0 radical (unpaired) electrons. The third kappa shape index (κ3) is 3.19. The lowest BCUT2D eigenvalue weighted by atomic mass is 10.1. The summed E-state index contributed by atoms with van der Waals surface area (Å²) in [6, 6.07) is 12.1. The molecule has 0 aliphatic carbocycles. The summed E-state index contributed by atoms with van der Waals surface area (Å²) < 4.78 is 5.37. The molecule has 0 heterocycles. The number of nitrogens with one attached hydrogen (secondary N) is 1. The summed E-state index contributed by atoms with van der Waals surface area (Å²) in [5, 5.41) is 3.37. The number of rotatable bonds is 4. The summed E-state index contributed by atoms with van der Waals surface area (Å²) in [7, 11) is 1.69. The Bertz CT molecular complexity index is 579. The van der Waals surface area contributed by atoms with Gasteiger partial charge < -0.3 is 15.8 Å². The van der Waals surface area contributed by atoms with E-state index in [1.54, 1.807) is 7.11 Å². The Morgan fingerprint density at radius 2 is 1.74 bits per heavy atom. The Kier molecular flexibility index (Phi) is 3.95. The first kappa shape index (κ1) is 13.3. The molecule has 19 heavy (non-hydrogen) atoms. The molecule has 2 aromatic rings. The van der Waals surface area contributed by atoms with E-state index in [9.17, 15) is 0 Å². The Morgan fingerprint density at radius 1 is 1.05 bits per heavy atom. The zero-order chi connectivity index (χ0) is 13.8. The lowest BCUT2D eigenvalue weighted by Gasteiger charge is -2.13. The van der Waals surface area contributed by atoms with E-state index in [4.69, 9.17) is 10.5 Å². The van der Waals surface area contributed by atoms with Crippen molar-refractivity contribution in [3.05, 3.63) is 53.1 Å². The van der Waals surface area contributed by atoms with E-state index in [-0.39, 0.29) is 0 Å². The molecule has 0 fully saturated rings. The maximum absolute atomic E-state index is 5.96. The van der Waals surface area contributed by atoms with E-state index in [2.05, 4.69) is 31.3 Å². The minimum absolute atomic E-state index is 0.693. The first-order chi connectivity index (χ1) is 9.10. The van der Waals surface area contributed by atoms with Crippen LogP contribution in [0.2, 0.25) is 0 Å².